The Kier molecular flexibility index (Phi) is 5.89. The van der Waals surface area contributed by atoms with Crippen LogP contribution in [0.25, 0.3) is 0 Å². The maximum Gasteiger partial charge on any atom is 0.338 e. The number of carboxylic acid groups (broad SMARTS) is 1. The van der Waals surface area contributed by atoms with Crippen molar-refractivity contribution in [1.29, 1.82) is 0 Å². The number of carbonyl (C=O) groups is 4. The molecule has 1 aliphatic rings. The molecule has 0 saturated heterocycles. The fourth-order valence-corrected chi connectivity index (χ4v) is 2.93. The number of esters is 1. The standard InChI is InChI=1S/C21H17ClN2O6/c1-11(2)30-21(29)13-5-9-15(10-6-13)24-18(25)16(22)17(19(24)26)23-14-7-3-12(4-8-14)20(27)28/h3-11,23H,1-2H3,(H,27,28). The Morgan fingerprint density at radius 1 is 0.967 bits per heavy atom. The molecule has 0 spiro atoms. The molecule has 1 aliphatic heterocycles. The van der Waals surface area contributed by atoms with E-state index in [-0.39, 0.29) is 33.6 Å². The quantitative estimate of drug-likeness (QED) is 0.535. The van der Waals surface area contributed by atoms with E-state index in [1.54, 1.807) is 13.8 Å². The number of halogens is 1. The highest BCUT2D eigenvalue weighted by Crippen LogP contribution is 2.30. The van der Waals surface area contributed by atoms with Gasteiger partial charge in [0.2, 0.25) is 0 Å². The largest absolute Gasteiger partial charge is 0.478 e. The third-order valence-corrected chi connectivity index (χ3v) is 4.48. The summed E-state index contributed by atoms with van der Waals surface area (Å²) in [5.74, 6) is -2.99. The van der Waals surface area contributed by atoms with Gasteiger partial charge in [-0.25, -0.2) is 14.5 Å². The van der Waals surface area contributed by atoms with Gasteiger partial charge in [-0.05, 0) is 62.4 Å². The monoisotopic (exact) mass is 428 g/mol. The molecule has 0 bridgehead atoms. The van der Waals surface area contributed by atoms with E-state index in [1.807, 2.05) is 0 Å². The number of hydrogen-bond donors (Lipinski definition) is 2. The Balaban J connectivity index is 1.79. The first-order valence-electron chi connectivity index (χ1n) is 8.89. The highest BCUT2D eigenvalue weighted by atomic mass is 35.5. The number of benzene rings is 2. The first kappa shape index (κ1) is 21.1. The van der Waals surface area contributed by atoms with Gasteiger partial charge in [-0.2, -0.15) is 0 Å². The van der Waals surface area contributed by atoms with Crippen molar-refractivity contribution in [3.8, 4) is 0 Å². The molecule has 154 valence electrons. The number of imide groups is 1. The highest BCUT2D eigenvalue weighted by Gasteiger charge is 2.39. The summed E-state index contributed by atoms with van der Waals surface area (Å²) >= 11 is 6.08. The number of carbonyl (C=O) groups excluding carboxylic acids is 3. The first-order chi connectivity index (χ1) is 14.2. The molecular formula is C21H17ClN2O6. The number of anilines is 2. The van der Waals surface area contributed by atoms with Gasteiger partial charge in [0.25, 0.3) is 11.8 Å². The van der Waals surface area contributed by atoms with Gasteiger partial charge in [0.1, 0.15) is 10.7 Å². The summed E-state index contributed by atoms with van der Waals surface area (Å²) in [5, 5.41) is 11.4. The second-order valence-electron chi connectivity index (χ2n) is 6.64. The van der Waals surface area contributed by atoms with Crippen LogP contribution in [-0.4, -0.2) is 35.0 Å². The van der Waals surface area contributed by atoms with Gasteiger partial charge >= 0.3 is 11.9 Å². The number of amides is 2. The normalized spacial score (nSPS) is 13.8. The van der Waals surface area contributed by atoms with Crippen LogP contribution in [0.5, 0.6) is 0 Å². The zero-order valence-electron chi connectivity index (χ0n) is 16.0. The molecular weight excluding hydrogens is 412 g/mol. The Morgan fingerprint density at radius 3 is 2.07 bits per heavy atom. The maximum absolute atomic E-state index is 12.8. The Labute approximate surface area is 176 Å². The number of carboxylic acids is 1. The van der Waals surface area contributed by atoms with E-state index >= 15 is 0 Å². The fraction of sp³-hybridized carbons (Fsp3) is 0.143. The zero-order chi connectivity index (χ0) is 22.0. The van der Waals surface area contributed by atoms with Crippen LogP contribution < -0.4 is 10.2 Å². The smallest absolute Gasteiger partial charge is 0.338 e. The molecule has 0 fully saturated rings. The molecule has 2 N–H and O–H groups in total. The zero-order valence-corrected chi connectivity index (χ0v) is 16.8. The lowest BCUT2D eigenvalue weighted by Crippen LogP contribution is -2.32. The van der Waals surface area contributed by atoms with Crippen molar-refractivity contribution in [3.05, 3.63) is 70.4 Å². The molecule has 9 heteroatoms. The third-order valence-electron chi connectivity index (χ3n) is 4.13. The van der Waals surface area contributed by atoms with E-state index in [0.717, 1.165) is 4.90 Å². The van der Waals surface area contributed by atoms with Crippen LogP contribution in [0.4, 0.5) is 11.4 Å². The molecule has 2 amide bonds. The molecule has 0 aliphatic carbocycles. The molecule has 0 radical (unpaired) electrons. The summed E-state index contributed by atoms with van der Waals surface area (Å²) < 4.78 is 5.11. The van der Waals surface area contributed by atoms with Crippen LogP contribution in [0.3, 0.4) is 0 Å². The van der Waals surface area contributed by atoms with Gasteiger partial charge in [0.05, 0.1) is 22.9 Å². The molecule has 0 unspecified atom stereocenters. The molecule has 2 aromatic rings. The van der Waals surface area contributed by atoms with Crippen LogP contribution in [-0.2, 0) is 14.3 Å². The lowest BCUT2D eigenvalue weighted by Gasteiger charge is -2.16. The van der Waals surface area contributed by atoms with Crippen LogP contribution in [0.1, 0.15) is 34.6 Å². The average Bonchev–Trinajstić information content (AvgIpc) is 2.91. The summed E-state index contributed by atoms with van der Waals surface area (Å²) in [6.07, 6.45) is -0.278. The third kappa shape index (κ3) is 4.18. The summed E-state index contributed by atoms with van der Waals surface area (Å²) in [5.41, 5.74) is 0.855. The number of nitrogens with zero attached hydrogens (tertiary/aromatic N) is 1. The Morgan fingerprint density at radius 2 is 1.53 bits per heavy atom. The molecule has 2 aromatic carbocycles. The van der Waals surface area contributed by atoms with E-state index in [1.165, 1.54) is 48.5 Å². The second-order valence-corrected chi connectivity index (χ2v) is 7.02. The molecule has 3 rings (SSSR count). The Hall–Kier alpha value is -3.65. The summed E-state index contributed by atoms with van der Waals surface area (Å²) in [6, 6.07) is 11.4. The van der Waals surface area contributed by atoms with E-state index in [4.69, 9.17) is 21.4 Å². The predicted octanol–water partition coefficient (Wildman–Crippen LogP) is 3.39. The minimum atomic E-state index is -1.09. The molecule has 0 atom stereocenters. The van der Waals surface area contributed by atoms with Gasteiger partial charge < -0.3 is 15.2 Å². The van der Waals surface area contributed by atoms with Crippen molar-refractivity contribution >= 4 is 46.7 Å². The first-order valence-corrected chi connectivity index (χ1v) is 9.27. The van der Waals surface area contributed by atoms with Gasteiger partial charge in [-0.3, -0.25) is 9.59 Å². The van der Waals surface area contributed by atoms with Crippen LogP contribution in [0, 0.1) is 0 Å². The number of ether oxygens (including phenoxy) is 1. The minimum Gasteiger partial charge on any atom is -0.478 e. The number of hydrogen-bond acceptors (Lipinski definition) is 6. The molecule has 0 saturated carbocycles. The molecule has 8 nitrogen and oxygen atoms in total. The van der Waals surface area contributed by atoms with Gasteiger partial charge in [-0.1, -0.05) is 11.6 Å². The molecule has 30 heavy (non-hydrogen) atoms. The van der Waals surface area contributed by atoms with Crippen LogP contribution in [0.2, 0.25) is 0 Å². The topological polar surface area (TPSA) is 113 Å². The van der Waals surface area contributed by atoms with Crippen molar-refractivity contribution in [1.82, 2.24) is 0 Å². The predicted molar refractivity (Wildman–Crippen MR) is 109 cm³/mol. The highest BCUT2D eigenvalue weighted by molar-refractivity contribution is 6.53. The maximum atomic E-state index is 12.8. The lowest BCUT2D eigenvalue weighted by molar-refractivity contribution is -0.120. The van der Waals surface area contributed by atoms with Crippen molar-refractivity contribution in [3.63, 3.8) is 0 Å². The van der Waals surface area contributed by atoms with E-state index in [9.17, 15) is 19.2 Å². The number of aromatic carboxylic acids is 1. The summed E-state index contributed by atoms with van der Waals surface area (Å²) in [4.78, 5) is 49.1. The van der Waals surface area contributed by atoms with Crippen molar-refractivity contribution in [2.24, 2.45) is 0 Å². The van der Waals surface area contributed by atoms with E-state index < -0.39 is 23.8 Å². The molecule has 1 heterocycles. The van der Waals surface area contributed by atoms with Crippen molar-refractivity contribution in [2.75, 3.05) is 10.2 Å². The Bertz CT molecular complexity index is 1060. The minimum absolute atomic E-state index is 0.0761. The number of rotatable bonds is 6. The average molecular weight is 429 g/mol. The van der Waals surface area contributed by atoms with E-state index in [0.29, 0.717) is 5.69 Å². The van der Waals surface area contributed by atoms with Crippen LogP contribution >= 0.6 is 11.6 Å². The number of nitrogens with one attached hydrogen (secondary N) is 1. The summed E-state index contributed by atoms with van der Waals surface area (Å²) in [6.45, 7) is 3.45. The summed E-state index contributed by atoms with van der Waals surface area (Å²) in [7, 11) is 0. The van der Waals surface area contributed by atoms with Crippen LogP contribution in [0.15, 0.2) is 59.3 Å². The molecule has 0 aromatic heterocycles. The van der Waals surface area contributed by atoms with E-state index in [2.05, 4.69) is 5.32 Å². The fourth-order valence-electron chi connectivity index (χ4n) is 2.72. The van der Waals surface area contributed by atoms with Crippen molar-refractivity contribution < 1.29 is 29.0 Å². The second kappa shape index (κ2) is 8.38. The van der Waals surface area contributed by atoms with Gasteiger partial charge in [0.15, 0.2) is 0 Å². The lowest BCUT2D eigenvalue weighted by atomic mass is 10.2. The van der Waals surface area contributed by atoms with Gasteiger partial charge in [-0.15, -0.1) is 0 Å². The SMILES string of the molecule is CC(C)OC(=O)c1ccc(N2C(=O)C(Cl)=C(Nc3ccc(C(=O)O)cc3)C2=O)cc1. The van der Waals surface area contributed by atoms with Crippen molar-refractivity contribution in [2.45, 2.75) is 20.0 Å². The van der Waals surface area contributed by atoms with Gasteiger partial charge in [0, 0.05) is 5.69 Å².